The number of methoxy groups -OCH3 is 1. The first-order valence-electron chi connectivity index (χ1n) is 10.7. The molecular weight excluding hydrogens is 376 g/mol. The van der Waals surface area contributed by atoms with Gasteiger partial charge in [0.2, 0.25) is 0 Å². The summed E-state index contributed by atoms with van der Waals surface area (Å²) in [5, 5.41) is 0. The van der Waals surface area contributed by atoms with Crippen molar-refractivity contribution in [2.45, 2.75) is 39.7 Å². The molecule has 0 bridgehead atoms. The molecule has 2 aromatic carbocycles. The van der Waals surface area contributed by atoms with Gasteiger partial charge in [-0.25, -0.2) is 0 Å². The van der Waals surface area contributed by atoms with E-state index < -0.39 is 0 Å². The number of rotatable bonds is 9. The van der Waals surface area contributed by atoms with E-state index in [2.05, 4.69) is 16.0 Å². The number of ether oxygens (including phenoxy) is 2. The second kappa shape index (κ2) is 10.9. The van der Waals surface area contributed by atoms with Crippen molar-refractivity contribution >= 4 is 12.0 Å². The largest absolute Gasteiger partial charge is 0.493 e. The lowest BCUT2D eigenvalue weighted by molar-refractivity contribution is 0.101. The maximum absolute atomic E-state index is 11.4. The van der Waals surface area contributed by atoms with Crippen molar-refractivity contribution in [2.75, 3.05) is 33.3 Å². The zero-order valence-electron chi connectivity index (χ0n) is 18.3. The minimum atomic E-state index is 0.0631. The fourth-order valence-corrected chi connectivity index (χ4v) is 3.72. The number of carbonyl (C=O) groups excluding carboxylic acids is 1. The van der Waals surface area contributed by atoms with Crippen LogP contribution in [0.15, 0.2) is 41.4 Å². The molecule has 5 nitrogen and oxygen atoms in total. The van der Waals surface area contributed by atoms with E-state index in [1.165, 1.54) is 32.4 Å². The third-order valence-corrected chi connectivity index (χ3v) is 5.46. The minimum absolute atomic E-state index is 0.0631. The van der Waals surface area contributed by atoms with E-state index >= 15 is 0 Å². The lowest BCUT2D eigenvalue weighted by Gasteiger charge is -2.25. The zero-order chi connectivity index (χ0) is 21.3. The van der Waals surface area contributed by atoms with Crippen LogP contribution >= 0.6 is 0 Å². The maximum atomic E-state index is 11.4. The van der Waals surface area contributed by atoms with Gasteiger partial charge in [-0.1, -0.05) is 30.7 Å². The molecule has 0 unspecified atom stereocenters. The molecule has 1 saturated heterocycles. The van der Waals surface area contributed by atoms with Crippen molar-refractivity contribution in [3.05, 3.63) is 58.7 Å². The molecule has 0 radical (unpaired) electrons. The molecule has 1 aliphatic rings. The van der Waals surface area contributed by atoms with Crippen LogP contribution in [0.3, 0.4) is 0 Å². The van der Waals surface area contributed by atoms with Gasteiger partial charge in [0, 0.05) is 18.3 Å². The minimum Gasteiger partial charge on any atom is -0.493 e. The monoisotopic (exact) mass is 408 g/mol. The Morgan fingerprint density at radius 3 is 2.53 bits per heavy atom. The van der Waals surface area contributed by atoms with E-state index in [-0.39, 0.29) is 5.78 Å². The third kappa shape index (κ3) is 6.17. The first kappa shape index (κ1) is 22.0. The molecule has 0 N–H and O–H groups in total. The number of aliphatic imine (C=N–C) groups is 1. The predicted molar refractivity (Wildman–Crippen MR) is 121 cm³/mol. The van der Waals surface area contributed by atoms with Crippen LogP contribution in [0.2, 0.25) is 0 Å². The van der Waals surface area contributed by atoms with E-state index in [4.69, 9.17) is 9.47 Å². The van der Waals surface area contributed by atoms with Gasteiger partial charge in [0.05, 0.1) is 13.7 Å². The van der Waals surface area contributed by atoms with E-state index in [0.29, 0.717) is 17.9 Å². The molecule has 2 aromatic rings. The molecule has 1 heterocycles. The van der Waals surface area contributed by atoms with Crippen LogP contribution in [-0.2, 0) is 6.61 Å². The Kier molecular flexibility index (Phi) is 8.03. The molecular formula is C25H32N2O3. The number of hydrogen-bond acceptors (Lipinski definition) is 5. The molecule has 0 aliphatic carbocycles. The van der Waals surface area contributed by atoms with Crippen LogP contribution in [0.4, 0.5) is 0 Å². The molecule has 0 amide bonds. The summed E-state index contributed by atoms with van der Waals surface area (Å²) in [6.07, 6.45) is 5.89. The van der Waals surface area contributed by atoms with Crippen LogP contribution in [0.5, 0.6) is 11.5 Å². The number of ketones is 1. The van der Waals surface area contributed by atoms with Gasteiger partial charge in [-0.3, -0.25) is 9.79 Å². The number of Topliss-reactive ketones (excluding diaryl/α,β-unsaturated/α-hetero) is 1. The topological polar surface area (TPSA) is 51.1 Å². The number of benzene rings is 2. The molecule has 30 heavy (non-hydrogen) atoms. The van der Waals surface area contributed by atoms with Gasteiger partial charge in [-0.05, 0) is 68.6 Å². The summed E-state index contributed by atoms with van der Waals surface area (Å²) in [5.74, 6) is 1.50. The lowest BCUT2D eigenvalue weighted by Crippen LogP contribution is -2.31. The Bertz CT molecular complexity index is 869. The Labute approximate surface area is 179 Å². The summed E-state index contributed by atoms with van der Waals surface area (Å²) in [5.41, 5.74) is 3.73. The SMILES string of the molecule is COc1cc(C=NCCN2CCCCC2)cc(C)c1OCc1ccc(C(C)=O)cc1. The van der Waals surface area contributed by atoms with E-state index in [1.54, 1.807) is 14.0 Å². The van der Waals surface area contributed by atoms with Gasteiger partial charge >= 0.3 is 0 Å². The lowest BCUT2D eigenvalue weighted by atomic mass is 10.1. The summed E-state index contributed by atoms with van der Waals surface area (Å²) in [6.45, 7) is 8.24. The molecule has 5 heteroatoms. The van der Waals surface area contributed by atoms with Crippen molar-refractivity contribution in [1.82, 2.24) is 4.90 Å². The highest BCUT2D eigenvalue weighted by Gasteiger charge is 2.11. The molecule has 0 saturated carbocycles. The highest BCUT2D eigenvalue weighted by Crippen LogP contribution is 2.32. The van der Waals surface area contributed by atoms with Crippen molar-refractivity contribution in [1.29, 1.82) is 0 Å². The third-order valence-electron chi connectivity index (χ3n) is 5.46. The van der Waals surface area contributed by atoms with Crippen molar-refractivity contribution in [3.63, 3.8) is 0 Å². The first-order chi connectivity index (χ1) is 14.6. The summed E-state index contributed by atoms with van der Waals surface area (Å²) < 4.78 is 11.6. The van der Waals surface area contributed by atoms with Gasteiger partial charge in [0.15, 0.2) is 17.3 Å². The van der Waals surface area contributed by atoms with Gasteiger partial charge in [0.25, 0.3) is 0 Å². The second-order valence-electron chi connectivity index (χ2n) is 7.85. The quantitative estimate of drug-likeness (QED) is 0.446. The van der Waals surface area contributed by atoms with Crippen LogP contribution in [-0.4, -0.2) is 50.2 Å². The Morgan fingerprint density at radius 1 is 1.13 bits per heavy atom. The number of hydrogen-bond donors (Lipinski definition) is 0. The Hall–Kier alpha value is -2.66. The fourth-order valence-electron chi connectivity index (χ4n) is 3.72. The fraction of sp³-hybridized carbons (Fsp3) is 0.440. The molecule has 0 spiro atoms. The molecule has 160 valence electrons. The molecule has 0 aromatic heterocycles. The van der Waals surface area contributed by atoms with Crippen molar-refractivity contribution in [3.8, 4) is 11.5 Å². The first-order valence-corrected chi connectivity index (χ1v) is 10.7. The number of nitrogens with zero attached hydrogens (tertiary/aromatic N) is 2. The smallest absolute Gasteiger partial charge is 0.164 e. The van der Waals surface area contributed by atoms with Gasteiger partial charge in [-0.15, -0.1) is 0 Å². The highest BCUT2D eigenvalue weighted by atomic mass is 16.5. The number of piperidine rings is 1. The number of likely N-dealkylation sites (tertiary alicyclic amines) is 1. The van der Waals surface area contributed by atoms with E-state index in [1.807, 2.05) is 43.5 Å². The summed E-state index contributed by atoms with van der Waals surface area (Å²) in [7, 11) is 1.65. The van der Waals surface area contributed by atoms with E-state index in [0.717, 1.165) is 35.5 Å². The molecule has 0 atom stereocenters. The molecule has 1 aliphatic heterocycles. The highest BCUT2D eigenvalue weighted by molar-refractivity contribution is 5.94. The van der Waals surface area contributed by atoms with Crippen molar-refractivity contribution < 1.29 is 14.3 Å². The van der Waals surface area contributed by atoms with Gasteiger partial charge in [-0.2, -0.15) is 0 Å². The van der Waals surface area contributed by atoms with Crippen molar-refractivity contribution in [2.24, 2.45) is 4.99 Å². The van der Waals surface area contributed by atoms with Crippen LogP contribution in [0.25, 0.3) is 0 Å². The second-order valence-corrected chi connectivity index (χ2v) is 7.85. The zero-order valence-corrected chi connectivity index (χ0v) is 18.3. The average molecular weight is 409 g/mol. The van der Waals surface area contributed by atoms with Crippen LogP contribution < -0.4 is 9.47 Å². The average Bonchev–Trinajstić information content (AvgIpc) is 2.76. The Balaban J connectivity index is 1.60. The summed E-state index contributed by atoms with van der Waals surface area (Å²) in [6, 6.07) is 11.5. The van der Waals surface area contributed by atoms with Gasteiger partial charge < -0.3 is 14.4 Å². The Morgan fingerprint density at radius 2 is 1.87 bits per heavy atom. The van der Waals surface area contributed by atoms with Gasteiger partial charge in [0.1, 0.15) is 6.61 Å². The van der Waals surface area contributed by atoms with Crippen LogP contribution in [0.1, 0.15) is 53.2 Å². The van der Waals surface area contributed by atoms with E-state index in [9.17, 15) is 4.79 Å². The standard InChI is InChI=1S/C25H32N2O3/c1-19-15-22(17-26-11-14-27-12-5-4-6-13-27)16-24(29-3)25(19)30-18-21-7-9-23(10-8-21)20(2)28/h7-10,15-17H,4-6,11-14,18H2,1-3H3. The summed E-state index contributed by atoms with van der Waals surface area (Å²) >= 11 is 0. The normalized spacial score (nSPS) is 14.8. The molecule has 3 rings (SSSR count). The maximum Gasteiger partial charge on any atom is 0.164 e. The number of aryl methyl sites for hydroxylation is 1. The summed E-state index contributed by atoms with van der Waals surface area (Å²) in [4.78, 5) is 18.5. The number of carbonyl (C=O) groups is 1. The van der Waals surface area contributed by atoms with Crippen LogP contribution in [0, 0.1) is 6.92 Å². The molecule has 1 fully saturated rings. The predicted octanol–water partition coefficient (Wildman–Crippen LogP) is 4.69.